The van der Waals surface area contributed by atoms with Gasteiger partial charge in [0.1, 0.15) is 5.75 Å². The predicted octanol–water partition coefficient (Wildman–Crippen LogP) is 4.12. The normalized spacial score (nSPS) is 9.93. The number of halogens is 1. The summed E-state index contributed by atoms with van der Waals surface area (Å²) in [6, 6.07) is 13.1. The third-order valence-electron chi connectivity index (χ3n) is 1.77. The molecule has 0 saturated heterocycles. The van der Waals surface area contributed by atoms with E-state index in [1.165, 1.54) is 11.0 Å². The molecule has 1 aromatic carbocycles. The minimum atomic E-state index is 0.587. The molecule has 1 heterocycles. The lowest BCUT2D eigenvalue weighted by molar-refractivity contribution is 0.462. The van der Waals surface area contributed by atoms with Gasteiger partial charge < -0.3 is 4.74 Å². The van der Waals surface area contributed by atoms with E-state index >= 15 is 0 Å². The van der Waals surface area contributed by atoms with Crippen LogP contribution < -0.4 is 4.74 Å². The van der Waals surface area contributed by atoms with E-state index < -0.39 is 0 Å². The fraction of sp³-hybridized carbons (Fsp3) is 0. The molecule has 0 aliphatic heterocycles. The van der Waals surface area contributed by atoms with Crippen LogP contribution in [0.25, 0.3) is 0 Å². The second-order valence-electron chi connectivity index (χ2n) is 2.82. The largest absolute Gasteiger partial charge is 0.439 e. The topological polar surface area (TPSA) is 22.1 Å². The van der Waals surface area contributed by atoms with Crippen LogP contribution in [0.1, 0.15) is 0 Å². The van der Waals surface area contributed by atoms with Crippen LogP contribution in [0.2, 0.25) is 0 Å². The molecule has 0 radical (unpaired) electrons. The van der Waals surface area contributed by atoms with Gasteiger partial charge in [-0.15, -0.1) is 0 Å². The van der Waals surface area contributed by atoms with E-state index in [4.69, 9.17) is 15.4 Å². The second-order valence-corrected chi connectivity index (χ2v) is 3.91. The molecule has 2 nitrogen and oxygen atoms in total. The van der Waals surface area contributed by atoms with Crippen LogP contribution in [-0.4, -0.2) is 4.98 Å². The molecular weight excluding hydrogens is 230 g/mol. The summed E-state index contributed by atoms with van der Waals surface area (Å²) in [6.07, 6.45) is 1.69. The van der Waals surface area contributed by atoms with Gasteiger partial charge in [0, 0.05) is 17.2 Å². The number of pyridine rings is 1. The van der Waals surface area contributed by atoms with Gasteiger partial charge in [-0.1, -0.05) is 6.07 Å². The summed E-state index contributed by atoms with van der Waals surface area (Å²) in [4.78, 5) is 5.05. The SMILES string of the molecule is ClSc1ccc(Oc2ccccn2)cc1. The predicted molar refractivity (Wildman–Crippen MR) is 62.5 cm³/mol. The van der Waals surface area contributed by atoms with Gasteiger partial charge in [0.15, 0.2) is 0 Å². The Kier molecular flexibility index (Phi) is 3.48. The quantitative estimate of drug-likeness (QED) is 0.802. The van der Waals surface area contributed by atoms with Crippen molar-refractivity contribution in [3.05, 3.63) is 48.7 Å². The Morgan fingerprint density at radius 2 is 1.87 bits per heavy atom. The summed E-state index contributed by atoms with van der Waals surface area (Å²) < 4.78 is 5.51. The number of hydrogen-bond donors (Lipinski definition) is 0. The van der Waals surface area contributed by atoms with Crippen molar-refractivity contribution in [1.29, 1.82) is 0 Å². The van der Waals surface area contributed by atoms with Crippen LogP contribution in [-0.2, 0) is 0 Å². The first-order valence-electron chi connectivity index (χ1n) is 4.36. The van der Waals surface area contributed by atoms with Crippen LogP contribution in [0.4, 0.5) is 0 Å². The van der Waals surface area contributed by atoms with Crippen molar-refractivity contribution in [2.45, 2.75) is 4.90 Å². The Labute approximate surface area is 96.8 Å². The van der Waals surface area contributed by atoms with Gasteiger partial charge in [-0.05, 0) is 52.0 Å². The highest BCUT2D eigenvalue weighted by molar-refractivity contribution is 8.21. The molecule has 0 spiro atoms. The molecule has 0 bridgehead atoms. The second kappa shape index (κ2) is 5.05. The zero-order valence-corrected chi connectivity index (χ0v) is 9.33. The van der Waals surface area contributed by atoms with Crippen LogP contribution in [0.3, 0.4) is 0 Å². The van der Waals surface area contributed by atoms with Gasteiger partial charge in [0.25, 0.3) is 0 Å². The number of nitrogens with zero attached hydrogens (tertiary/aromatic N) is 1. The molecule has 76 valence electrons. The fourth-order valence-electron chi connectivity index (χ4n) is 1.09. The summed E-state index contributed by atoms with van der Waals surface area (Å²) in [5.41, 5.74) is 0. The van der Waals surface area contributed by atoms with Gasteiger partial charge in [-0.3, -0.25) is 0 Å². The van der Waals surface area contributed by atoms with E-state index in [0.717, 1.165) is 10.6 Å². The molecule has 0 aliphatic carbocycles. The van der Waals surface area contributed by atoms with Gasteiger partial charge in [0.05, 0.1) is 0 Å². The molecular formula is C11H8ClNOS. The van der Waals surface area contributed by atoms with Crippen LogP contribution in [0.15, 0.2) is 53.6 Å². The number of ether oxygens (including phenoxy) is 1. The summed E-state index contributed by atoms with van der Waals surface area (Å²) >= 11 is 0. The number of benzene rings is 1. The molecule has 4 heteroatoms. The van der Waals surface area contributed by atoms with Crippen LogP contribution in [0.5, 0.6) is 11.6 Å². The maximum Gasteiger partial charge on any atom is 0.219 e. The average molecular weight is 238 g/mol. The van der Waals surface area contributed by atoms with Crippen molar-refractivity contribution in [1.82, 2.24) is 4.98 Å². The summed E-state index contributed by atoms with van der Waals surface area (Å²) in [7, 11) is 6.79. The Bertz CT molecular complexity index is 418. The van der Waals surface area contributed by atoms with E-state index in [0.29, 0.717) is 5.88 Å². The Morgan fingerprint density at radius 1 is 1.07 bits per heavy atom. The standard InChI is InChI=1S/C11H8ClNOS/c12-15-10-6-4-9(5-7-10)14-11-3-1-2-8-13-11/h1-8H. The molecule has 0 atom stereocenters. The van der Waals surface area contributed by atoms with Gasteiger partial charge in [-0.2, -0.15) is 0 Å². The number of aromatic nitrogens is 1. The van der Waals surface area contributed by atoms with E-state index in [1.54, 1.807) is 6.20 Å². The first-order valence-corrected chi connectivity index (χ1v) is 6.00. The highest BCUT2D eigenvalue weighted by atomic mass is 35.7. The highest BCUT2D eigenvalue weighted by Gasteiger charge is 1.97. The molecule has 0 unspecified atom stereocenters. The minimum Gasteiger partial charge on any atom is -0.439 e. The zero-order valence-electron chi connectivity index (χ0n) is 7.76. The molecule has 2 rings (SSSR count). The van der Waals surface area contributed by atoms with Crippen molar-refractivity contribution in [3.63, 3.8) is 0 Å². The highest BCUT2D eigenvalue weighted by Crippen LogP contribution is 2.25. The van der Waals surface area contributed by atoms with Crippen molar-refractivity contribution in [3.8, 4) is 11.6 Å². The van der Waals surface area contributed by atoms with Crippen molar-refractivity contribution < 1.29 is 4.74 Å². The third-order valence-corrected chi connectivity index (χ3v) is 2.76. The van der Waals surface area contributed by atoms with E-state index in [9.17, 15) is 0 Å². The molecule has 2 aromatic rings. The Balaban J connectivity index is 2.11. The number of rotatable bonds is 3. The zero-order chi connectivity index (χ0) is 10.5. The van der Waals surface area contributed by atoms with Crippen LogP contribution in [0, 0.1) is 0 Å². The first kappa shape index (κ1) is 10.3. The number of hydrogen-bond acceptors (Lipinski definition) is 3. The van der Waals surface area contributed by atoms with Gasteiger partial charge in [-0.25, -0.2) is 4.98 Å². The average Bonchev–Trinajstić information content (AvgIpc) is 2.31. The Hall–Kier alpha value is -1.19. The van der Waals surface area contributed by atoms with E-state index in [-0.39, 0.29) is 0 Å². The van der Waals surface area contributed by atoms with Crippen molar-refractivity contribution >= 4 is 21.7 Å². The van der Waals surface area contributed by atoms with Crippen LogP contribution >= 0.6 is 21.7 Å². The van der Waals surface area contributed by atoms with Gasteiger partial charge in [0.2, 0.25) is 5.88 Å². The fourth-order valence-corrected chi connectivity index (χ4v) is 1.63. The van der Waals surface area contributed by atoms with Gasteiger partial charge >= 0.3 is 0 Å². The molecule has 1 aromatic heterocycles. The third kappa shape index (κ3) is 2.88. The smallest absolute Gasteiger partial charge is 0.219 e. The molecule has 0 saturated carbocycles. The molecule has 0 amide bonds. The maximum atomic E-state index is 5.60. The first-order chi connectivity index (χ1) is 7.38. The molecule has 15 heavy (non-hydrogen) atoms. The molecule has 0 fully saturated rings. The maximum absolute atomic E-state index is 5.60. The monoisotopic (exact) mass is 237 g/mol. The molecule has 0 aliphatic rings. The molecule has 0 N–H and O–H groups in total. The lowest BCUT2D eigenvalue weighted by atomic mass is 10.3. The summed E-state index contributed by atoms with van der Waals surface area (Å²) in [5, 5.41) is 0. The summed E-state index contributed by atoms with van der Waals surface area (Å²) in [6.45, 7) is 0. The lowest BCUT2D eigenvalue weighted by Crippen LogP contribution is -1.85. The van der Waals surface area contributed by atoms with Crippen molar-refractivity contribution in [2.75, 3.05) is 0 Å². The minimum absolute atomic E-state index is 0.587. The lowest BCUT2D eigenvalue weighted by Gasteiger charge is -2.03. The summed E-state index contributed by atoms with van der Waals surface area (Å²) in [5.74, 6) is 1.34. The Morgan fingerprint density at radius 3 is 2.47 bits per heavy atom. The van der Waals surface area contributed by atoms with Crippen molar-refractivity contribution in [2.24, 2.45) is 0 Å². The van der Waals surface area contributed by atoms with E-state index in [2.05, 4.69) is 4.98 Å². The van der Waals surface area contributed by atoms with E-state index in [1.807, 2.05) is 42.5 Å².